The van der Waals surface area contributed by atoms with Crippen LogP contribution in [0.25, 0.3) is 0 Å². The summed E-state index contributed by atoms with van der Waals surface area (Å²) in [7, 11) is 0. The number of carbonyl (C=O) groups excluding carboxylic acids is 2. The Hall–Kier alpha value is -1.44. The zero-order chi connectivity index (χ0) is 19.4. The maximum atomic E-state index is 13.1. The lowest BCUT2D eigenvalue weighted by atomic mass is 9.49. The summed E-state index contributed by atoms with van der Waals surface area (Å²) in [5.74, 6) is 1.06. The highest BCUT2D eigenvalue weighted by Gasteiger charge is 2.59. The maximum absolute atomic E-state index is 13.1. The molecular weight excluding hydrogens is 420 g/mol. The van der Waals surface area contributed by atoms with E-state index >= 15 is 0 Å². The molecule has 5 aliphatic rings. The number of halogens is 1. The van der Waals surface area contributed by atoms with E-state index in [1.54, 1.807) is 0 Å². The Morgan fingerprint density at radius 1 is 0.964 bits per heavy atom. The highest BCUT2D eigenvalue weighted by Crippen LogP contribution is 2.64. The first-order chi connectivity index (χ1) is 13.4. The Labute approximate surface area is 173 Å². The van der Waals surface area contributed by atoms with Crippen LogP contribution in [0.2, 0.25) is 0 Å². The van der Waals surface area contributed by atoms with Crippen molar-refractivity contribution in [2.75, 3.05) is 0 Å². The van der Waals surface area contributed by atoms with Crippen LogP contribution < -0.4 is 21.7 Å². The molecule has 5 fully saturated rings. The lowest BCUT2D eigenvalue weighted by Gasteiger charge is -2.59. The highest BCUT2D eigenvalue weighted by molar-refractivity contribution is 9.10. The van der Waals surface area contributed by atoms with Crippen molar-refractivity contribution in [1.29, 1.82) is 0 Å². The van der Waals surface area contributed by atoms with Crippen LogP contribution in [0.1, 0.15) is 56.6 Å². The van der Waals surface area contributed by atoms with E-state index in [4.69, 9.17) is 0 Å². The van der Waals surface area contributed by atoms with Gasteiger partial charge in [-0.2, -0.15) is 0 Å². The predicted molar refractivity (Wildman–Crippen MR) is 109 cm³/mol. The van der Waals surface area contributed by atoms with E-state index in [0.29, 0.717) is 18.3 Å². The largest absolute Gasteiger partial charge is 0.273 e. The van der Waals surface area contributed by atoms with Crippen molar-refractivity contribution in [3.63, 3.8) is 0 Å². The second-order valence-electron chi connectivity index (χ2n) is 9.38. The molecule has 4 bridgehead atoms. The summed E-state index contributed by atoms with van der Waals surface area (Å²) in [5, 5.41) is 0. The van der Waals surface area contributed by atoms with E-state index in [1.807, 2.05) is 30.3 Å². The van der Waals surface area contributed by atoms with E-state index in [1.165, 1.54) is 19.3 Å². The number of carbonyl (C=O) groups is 2. The minimum atomic E-state index is -0.371. The third-order valence-electron chi connectivity index (χ3n) is 7.19. The van der Waals surface area contributed by atoms with E-state index < -0.39 is 0 Å². The van der Waals surface area contributed by atoms with Gasteiger partial charge in [0.1, 0.15) is 6.04 Å². The van der Waals surface area contributed by atoms with Crippen LogP contribution in [0, 0.1) is 17.3 Å². The molecule has 7 heteroatoms. The van der Waals surface area contributed by atoms with Crippen LogP contribution >= 0.6 is 15.9 Å². The Morgan fingerprint density at radius 2 is 1.68 bits per heavy atom. The molecule has 4 atom stereocenters. The molecule has 0 radical (unpaired) electrons. The molecule has 6 nitrogen and oxygen atoms in total. The molecule has 6 rings (SSSR count). The summed E-state index contributed by atoms with van der Waals surface area (Å²) in [6, 6.07) is 9.77. The smallest absolute Gasteiger partial charge is 0.256 e. The van der Waals surface area contributed by atoms with Crippen LogP contribution in [0.15, 0.2) is 30.3 Å². The monoisotopic (exact) mass is 446 g/mol. The number of hydrazine groups is 2. The summed E-state index contributed by atoms with van der Waals surface area (Å²) in [6.45, 7) is 0. The third-order valence-corrected chi connectivity index (χ3v) is 8.12. The van der Waals surface area contributed by atoms with Crippen molar-refractivity contribution in [2.24, 2.45) is 17.3 Å². The van der Waals surface area contributed by atoms with E-state index in [-0.39, 0.29) is 33.6 Å². The van der Waals surface area contributed by atoms with Gasteiger partial charge < -0.3 is 0 Å². The van der Waals surface area contributed by atoms with Gasteiger partial charge in [-0.3, -0.25) is 20.4 Å². The Bertz CT molecular complexity index is 772. The summed E-state index contributed by atoms with van der Waals surface area (Å²) in [4.78, 5) is 25.6. The first-order valence-corrected chi connectivity index (χ1v) is 11.1. The van der Waals surface area contributed by atoms with Crippen LogP contribution in [-0.2, 0) is 9.59 Å². The SMILES string of the molecule is O=C(NNC(=O)C12CC3CC(CC(Br)(C3)C1)C2)C1CC(c2ccccc2)NN1. The number of amides is 2. The van der Waals surface area contributed by atoms with E-state index in [0.717, 1.165) is 24.8 Å². The normalized spacial score (nSPS) is 41.0. The van der Waals surface area contributed by atoms with Crippen molar-refractivity contribution >= 4 is 27.7 Å². The van der Waals surface area contributed by atoms with E-state index in [2.05, 4.69) is 37.6 Å². The lowest BCUT2D eigenvalue weighted by Crippen LogP contribution is -2.61. The van der Waals surface area contributed by atoms with Gasteiger partial charge in [0, 0.05) is 10.4 Å². The Morgan fingerprint density at radius 3 is 2.36 bits per heavy atom. The van der Waals surface area contributed by atoms with Gasteiger partial charge in [0.15, 0.2) is 0 Å². The molecule has 0 aromatic heterocycles. The van der Waals surface area contributed by atoms with Gasteiger partial charge in [-0.15, -0.1) is 0 Å². The Kier molecular flexibility index (Phi) is 4.52. The number of hydrogen-bond donors (Lipinski definition) is 4. The minimum Gasteiger partial charge on any atom is -0.273 e. The molecular formula is C21H27BrN4O2. The van der Waals surface area contributed by atoms with E-state index in [9.17, 15) is 9.59 Å². The minimum absolute atomic E-state index is 0.00987. The van der Waals surface area contributed by atoms with Gasteiger partial charge in [-0.05, 0) is 62.3 Å². The van der Waals surface area contributed by atoms with Gasteiger partial charge in [0.25, 0.3) is 5.91 Å². The van der Waals surface area contributed by atoms with Gasteiger partial charge in [-0.1, -0.05) is 46.3 Å². The van der Waals surface area contributed by atoms with Crippen LogP contribution in [0.4, 0.5) is 0 Å². The predicted octanol–water partition coefficient (Wildman–Crippen LogP) is 2.48. The average Bonchev–Trinajstić information content (AvgIpc) is 3.15. The molecule has 28 heavy (non-hydrogen) atoms. The van der Waals surface area contributed by atoms with Crippen molar-refractivity contribution in [3.05, 3.63) is 35.9 Å². The van der Waals surface area contributed by atoms with Gasteiger partial charge in [0.05, 0.1) is 5.41 Å². The topological polar surface area (TPSA) is 82.3 Å². The summed E-state index contributed by atoms with van der Waals surface area (Å²) < 4.78 is 0.123. The number of rotatable bonds is 3. The standard InChI is InChI=1S/C21H27BrN4O2/c22-21-10-13-6-14(11-21)9-20(8-13,12-21)19(28)26-25-18(27)17-7-16(23-24-17)15-4-2-1-3-5-15/h1-5,13-14,16-17,23-24H,6-12H2,(H,25,27)(H,26,28). The molecule has 4 N–H and O–H groups in total. The van der Waals surface area contributed by atoms with Gasteiger partial charge in [0.2, 0.25) is 5.91 Å². The van der Waals surface area contributed by atoms with Gasteiger partial charge in [-0.25, -0.2) is 10.9 Å². The maximum Gasteiger partial charge on any atom is 0.256 e. The molecule has 1 aromatic rings. The number of benzene rings is 1. The van der Waals surface area contributed by atoms with Crippen molar-refractivity contribution in [1.82, 2.24) is 21.7 Å². The van der Waals surface area contributed by atoms with Crippen LogP contribution in [-0.4, -0.2) is 22.2 Å². The first kappa shape index (κ1) is 18.6. The zero-order valence-electron chi connectivity index (χ0n) is 15.8. The summed E-state index contributed by atoms with van der Waals surface area (Å²) in [5.41, 5.74) is 12.5. The van der Waals surface area contributed by atoms with Gasteiger partial charge >= 0.3 is 0 Å². The quantitative estimate of drug-likeness (QED) is 0.424. The molecule has 0 spiro atoms. The number of nitrogens with one attached hydrogen (secondary N) is 4. The second kappa shape index (κ2) is 6.82. The fourth-order valence-corrected chi connectivity index (χ4v) is 7.84. The number of alkyl halides is 1. The zero-order valence-corrected chi connectivity index (χ0v) is 17.4. The fraction of sp³-hybridized carbons (Fsp3) is 0.619. The number of hydrogen-bond acceptors (Lipinski definition) is 4. The van der Waals surface area contributed by atoms with Crippen LogP contribution in [0.5, 0.6) is 0 Å². The molecule has 2 amide bonds. The first-order valence-electron chi connectivity index (χ1n) is 10.3. The molecule has 4 saturated carbocycles. The highest BCUT2D eigenvalue weighted by atomic mass is 79.9. The van der Waals surface area contributed by atoms with Crippen molar-refractivity contribution in [2.45, 2.75) is 61.4 Å². The average molecular weight is 447 g/mol. The fourth-order valence-electron chi connectivity index (χ4n) is 6.39. The van der Waals surface area contributed by atoms with Crippen LogP contribution in [0.3, 0.4) is 0 Å². The third kappa shape index (κ3) is 3.27. The Balaban J connectivity index is 1.18. The molecule has 1 saturated heterocycles. The molecule has 150 valence electrons. The molecule has 4 unspecified atom stereocenters. The lowest BCUT2D eigenvalue weighted by molar-refractivity contribution is -0.147. The second-order valence-corrected chi connectivity index (χ2v) is 11.1. The molecule has 1 aliphatic heterocycles. The van der Waals surface area contributed by atoms with Crippen molar-refractivity contribution in [3.8, 4) is 0 Å². The molecule has 4 aliphatic carbocycles. The summed E-state index contributed by atoms with van der Waals surface area (Å²) >= 11 is 3.94. The molecule has 1 aromatic carbocycles. The molecule has 1 heterocycles. The summed E-state index contributed by atoms with van der Waals surface area (Å²) in [6.07, 6.45) is 7.06. The van der Waals surface area contributed by atoms with Crippen molar-refractivity contribution < 1.29 is 9.59 Å².